The van der Waals surface area contributed by atoms with E-state index in [1.807, 2.05) is 6.92 Å². The van der Waals surface area contributed by atoms with Crippen molar-refractivity contribution in [3.8, 4) is 11.5 Å². The summed E-state index contributed by atoms with van der Waals surface area (Å²) in [5, 5.41) is 0. The predicted octanol–water partition coefficient (Wildman–Crippen LogP) is 7.84. The first-order chi connectivity index (χ1) is 19.8. The third-order valence-corrected chi connectivity index (χ3v) is 6.22. The summed E-state index contributed by atoms with van der Waals surface area (Å²) in [6, 6.07) is 15.9. The summed E-state index contributed by atoms with van der Waals surface area (Å²) < 4.78 is 81.5. The minimum absolute atomic E-state index is 0.0279. The molecular formula is C31H33F5N2O4. The topological polar surface area (TPSA) is 96.8 Å². The van der Waals surface area contributed by atoms with Crippen LogP contribution >= 0.6 is 0 Å². The summed E-state index contributed by atoms with van der Waals surface area (Å²) in [7, 11) is 0. The zero-order chi connectivity index (χ0) is 30.8. The molecule has 0 spiro atoms. The maximum atomic E-state index is 14.7. The van der Waals surface area contributed by atoms with E-state index < -0.39 is 30.2 Å². The van der Waals surface area contributed by atoms with Gasteiger partial charge >= 0.3 is 18.3 Å². The maximum Gasteiger partial charge on any atom is 0.426 e. The van der Waals surface area contributed by atoms with E-state index in [9.17, 15) is 26.7 Å². The van der Waals surface area contributed by atoms with E-state index in [-0.39, 0.29) is 31.3 Å². The van der Waals surface area contributed by atoms with Crippen LogP contribution in [0.15, 0.2) is 72.8 Å². The number of unbranched alkanes of at least 4 members (excludes halogenated alkanes) is 2. The smallest absolute Gasteiger partial charge is 0.426 e. The fourth-order valence-electron chi connectivity index (χ4n) is 3.94. The number of benzene rings is 3. The lowest BCUT2D eigenvalue weighted by molar-refractivity contribution is -0.185. The monoisotopic (exact) mass is 592 g/mol. The lowest BCUT2D eigenvalue weighted by Crippen LogP contribution is -2.21. The highest BCUT2D eigenvalue weighted by atomic mass is 19.4. The van der Waals surface area contributed by atoms with Gasteiger partial charge in [-0.05, 0) is 85.0 Å². The number of carbonyl (C=O) groups excluding carboxylic acids is 1. The van der Waals surface area contributed by atoms with Crippen LogP contribution in [0.25, 0.3) is 6.08 Å². The van der Waals surface area contributed by atoms with Gasteiger partial charge < -0.3 is 25.7 Å². The fourth-order valence-corrected chi connectivity index (χ4v) is 3.94. The molecule has 3 aromatic carbocycles. The molecule has 0 heterocycles. The van der Waals surface area contributed by atoms with E-state index >= 15 is 0 Å². The van der Waals surface area contributed by atoms with Crippen molar-refractivity contribution in [2.24, 2.45) is 0 Å². The van der Waals surface area contributed by atoms with Gasteiger partial charge in [0.2, 0.25) is 0 Å². The Kier molecular flexibility index (Phi) is 11.2. The normalized spacial score (nSPS) is 12.7. The minimum Gasteiger partial charge on any atom is -0.494 e. The van der Waals surface area contributed by atoms with Crippen LogP contribution in [0, 0.1) is 0 Å². The second-order valence-corrected chi connectivity index (χ2v) is 9.74. The Morgan fingerprint density at radius 1 is 0.881 bits per heavy atom. The van der Waals surface area contributed by atoms with Crippen molar-refractivity contribution in [3.63, 3.8) is 0 Å². The summed E-state index contributed by atoms with van der Waals surface area (Å²) in [5.41, 5.74) is 13.6. The molecule has 226 valence electrons. The third-order valence-electron chi connectivity index (χ3n) is 6.22. The Bertz CT molecular complexity index is 1330. The Morgan fingerprint density at radius 3 is 2.19 bits per heavy atom. The lowest BCUT2D eigenvalue weighted by atomic mass is 10.00. The molecule has 1 atom stereocenters. The molecule has 11 heteroatoms. The van der Waals surface area contributed by atoms with E-state index in [4.69, 9.17) is 25.7 Å². The molecule has 0 aromatic heterocycles. The molecule has 3 aromatic rings. The van der Waals surface area contributed by atoms with Crippen molar-refractivity contribution in [3.05, 3.63) is 89.5 Å². The molecule has 0 bridgehead atoms. The Balaban J connectivity index is 1.45. The summed E-state index contributed by atoms with van der Waals surface area (Å²) in [6.45, 7) is 2.17. The van der Waals surface area contributed by atoms with Gasteiger partial charge in [0.15, 0.2) is 0 Å². The first kappa shape index (κ1) is 32.2. The van der Waals surface area contributed by atoms with Gasteiger partial charge in [-0.1, -0.05) is 25.1 Å². The third kappa shape index (κ3) is 10.6. The van der Waals surface area contributed by atoms with Crippen LogP contribution in [0.1, 0.15) is 55.2 Å². The summed E-state index contributed by atoms with van der Waals surface area (Å²) in [4.78, 5) is 12.1. The van der Waals surface area contributed by atoms with E-state index in [0.29, 0.717) is 35.5 Å². The van der Waals surface area contributed by atoms with E-state index in [1.165, 1.54) is 60.7 Å². The molecule has 0 saturated carbocycles. The van der Waals surface area contributed by atoms with Gasteiger partial charge in [-0.15, -0.1) is 0 Å². The van der Waals surface area contributed by atoms with Crippen LogP contribution in [0.4, 0.5) is 33.3 Å². The number of anilines is 2. The number of rotatable bonds is 14. The number of halogens is 5. The first-order valence-corrected chi connectivity index (χ1v) is 13.3. The van der Waals surface area contributed by atoms with Crippen LogP contribution in [0.5, 0.6) is 11.5 Å². The highest BCUT2D eigenvalue weighted by molar-refractivity contribution is 5.87. The van der Waals surface area contributed by atoms with Crippen molar-refractivity contribution in [2.45, 2.75) is 50.8 Å². The highest BCUT2D eigenvalue weighted by Gasteiger charge is 2.34. The number of esters is 1. The van der Waals surface area contributed by atoms with Crippen LogP contribution in [-0.4, -0.2) is 25.4 Å². The maximum absolute atomic E-state index is 14.7. The standard InChI is InChI=1S/C31H33F5N2O4/c1-21(27-15-10-24(37)19-28(27)38)20-41-29(39)16-7-22-5-8-23(9-6-22)31(35,36)42-26-13-11-25(12-14-26)40-18-4-2-3-17-30(32,33)34/h5-16,19,21H,2-4,17-18,20,37-38H2,1H3/b16-7+. The fraction of sp³-hybridized carbons (Fsp3) is 0.323. The van der Waals surface area contributed by atoms with Gasteiger partial charge in [0.05, 0.1) is 18.8 Å². The number of alkyl halides is 5. The molecule has 0 radical (unpaired) electrons. The molecule has 0 amide bonds. The van der Waals surface area contributed by atoms with Crippen molar-refractivity contribution >= 4 is 23.4 Å². The molecular weight excluding hydrogens is 559 g/mol. The van der Waals surface area contributed by atoms with Crippen LogP contribution in [0.3, 0.4) is 0 Å². The van der Waals surface area contributed by atoms with Gasteiger partial charge in [0, 0.05) is 29.8 Å². The SMILES string of the molecule is CC(COC(=O)/C=C/c1ccc(C(F)(F)Oc2ccc(OCCCCCC(F)(F)F)cc2)cc1)c1ccc(N)cc1N. The van der Waals surface area contributed by atoms with Crippen molar-refractivity contribution < 1.29 is 41.0 Å². The zero-order valence-electron chi connectivity index (χ0n) is 23.0. The predicted molar refractivity (Wildman–Crippen MR) is 151 cm³/mol. The molecule has 0 aliphatic rings. The quantitative estimate of drug-likeness (QED) is 0.0651. The van der Waals surface area contributed by atoms with Gasteiger partial charge in [-0.2, -0.15) is 22.0 Å². The summed E-state index contributed by atoms with van der Waals surface area (Å²) in [6.07, 6.45) is -5.14. The van der Waals surface area contributed by atoms with Gasteiger partial charge in [-0.3, -0.25) is 0 Å². The minimum atomic E-state index is -4.16. The molecule has 1 unspecified atom stereocenters. The molecule has 3 rings (SSSR count). The summed E-state index contributed by atoms with van der Waals surface area (Å²) in [5.74, 6) is -0.459. The van der Waals surface area contributed by atoms with Crippen LogP contribution < -0.4 is 20.9 Å². The molecule has 42 heavy (non-hydrogen) atoms. The van der Waals surface area contributed by atoms with Gasteiger partial charge in [-0.25, -0.2) is 4.79 Å². The second kappa shape index (κ2) is 14.6. The van der Waals surface area contributed by atoms with E-state index in [2.05, 4.69) is 0 Å². The van der Waals surface area contributed by atoms with E-state index in [0.717, 1.165) is 5.56 Å². The van der Waals surface area contributed by atoms with Crippen molar-refractivity contribution in [1.82, 2.24) is 0 Å². The highest BCUT2D eigenvalue weighted by Crippen LogP contribution is 2.33. The van der Waals surface area contributed by atoms with Crippen molar-refractivity contribution in [1.29, 1.82) is 0 Å². The van der Waals surface area contributed by atoms with Crippen molar-refractivity contribution in [2.75, 3.05) is 24.7 Å². The first-order valence-electron chi connectivity index (χ1n) is 13.3. The Hall–Kier alpha value is -4.28. The molecule has 0 aliphatic heterocycles. The molecule has 0 aliphatic carbocycles. The van der Waals surface area contributed by atoms with E-state index in [1.54, 1.807) is 18.2 Å². The van der Waals surface area contributed by atoms with Gasteiger partial charge in [0.25, 0.3) is 0 Å². The number of carbonyl (C=O) groups is 1. The zero-order valence-corrected chi connectivity index (χ0v) is 23.0. The number of nitrogens with two attached hydrogens (primary N) is 2. The molecule has 6 nitrogen and oxygen atoms in total. The average molecular weight is 593 g/mol. The number of ether oxygens (including phenoxy) is 3. The Labute approximate surface area is 241 Å². The number of hydrogen-bond acceptors (Lipinski definition) is 6. The second-order valence-electron chi connectivity index (χ2n) is 9.74. The van der Waals surface area contributed by atoms with Crippen LogP contribution in [-0.2, 0) is 15.6 Å². The van der Waals surface area contributed by atoms with Crippen LogP contribution in [0.2, 0.25) is 0 Å². The summed E-state index contributed by atoms with van der Waals surface area (Å²) >= 11 is 0. The molecule has 0 fully saturated rings. The average Bonchev–Trinajstić information content (AvgIpc) is 2.93. The Morgan fingerprint density at radius 2 is 1.55 bits per heavy atom. The number of nitrogen functional groups attached to an aromatic ring is 2. The molecule has 0 saturated heterocycles. The largest absolute Gasteiger partial charge is 0.494 e. The van der Waals surface area contributed by atoms with Gasteiger partial charge in [0.1, 0.15) is 11.5 Å². The number of hydrogen-bond donors (Lipinski definition) is 2. The lowest BCUT2D eigenvalue weighted by Gasteiger charge is -2.18. The molecule has 4 N–H and O–H groups in total.